The van der Waals surface area contributed by atoms with Gasteiger partial charge in [-0.2, -0.15) is 0 Å². The second kappa shape index (κ2) is 21.1. The topological polar surface area (TPSA) is 106 Å². The number of amides is 1. The molecule has 3 aromatic carbocycles. The van der Waals surface area contributed by atoms with Gasteiger partial charge in [0.05, 0.1) is 18.8 Å². The molecule has 5 aromatic rings. The fourth-order valence-corrected chi connectivity index (χ4v) is 5.62. The number of alkyl halides is 1. The lowest BCUT2D eigenvalue weighted by Gasteiger charge is -2.23. The first kappa shape index (κ1) is 41.9. The van der Waals surface area contributed by atoms with Gasteiger partial charge in [0.2, 0.25) is 0 Å². The second-order valence-corrected chi connectivity index (χ2v) is 11.6. The predicted octanol–water partition coefficient (Wildman–Crippen LogP) is 10.4. The Morgan fingerprint density at radius 2 is 1.66 bits per heavy atom. The average molecular weight is 727 g/mol. The maximum absolute atomic E-state index is 15.2. The molecular formula is C41H46BF3N4O4. The number of anilines is 1. The predicted molar refractivity (Wildman–Crippen MR) is 206 cm³/mol. The first-order chi connectivity index (χ1) is 25.7. The van der Waals surface area contributed by atoms with Crippen molar-refractivity contribution in [2.45, 2.75) is 67.0 Å². The number of fused-ring (bicyclic) bond motifs is 1. The Morgan fingerprint density at radius 3 is 2.30 bits per heavy atom. The number of halogens is 3. The van der Waals surface area contributed by atoms with Gasteiger partial charge in [0.1, 0.15) is 22.9 Å². The van der Waals surface area contributed by atoms with Crippen LogP contribution < -0.4 is 20.3 Å². The van der Waals surface area contributed by atoms with Crippen molar-refractivity contribution in [1.82, 2.24) is 9.55 Å². The third-order valence-electron chi connectivity index (χ3n) is 8.21. The number of carbonyl (C=O) groups is 1. The summed E-state index contributed by atoms with van der Waals surface area (Å²) in [5, 5.41) is 12.4. The van der Waals surface area contributed by atoms with Crippen molar-refractivity contribution in [3.8, 4) is 28.9 Å². The lowest BCUT2D eigenvalue weighted by Crippen LogP contribution is -2.27. The van der Waals surface area contributed by atoms with Gasteiger partial charge in [-0.05, 0) is 86.0 Å². The van der Waals surface area contributed by atoms with Crippen LogP contribution in [0.4, 0.5) is 18.9 Å². The summed E-state index contributed by atoms with van der Waals surface area (Å²) in [6.07, 6.45) is 6.79. The Balaban J connectivity index is 0.00000101. The third kappa shape index (κ3) is 11.2. The summed E-state index contributed by atoms with van der Waals surface area (Å²) >= 11 is 0. The molecule has 1 aliphatic rings. The molecule has 6 rings (SSSR count). The van der Waals surface area contributed by atoms with Crippen LogP contribution in [0.25, 0.3) is 16.6 Å². The number of nitriles is 1. The molecule has 2 aromatic heterocycles. The van der Waals surface area contributed by atoms with E-state index in [1.807, 2.05) is 46.8 Å². The van der Waals surface area contributed by atoms with Crippen LogP contribution in [0.1, 0.15) is 63.4 Å². The maximum Gasteiger partial charge on any atom is 0.267 e. The van der Waals surface area contributed by atoms with Crippen molar-refractivity contribution >= 4 is 29.2 Å². The molecule has 0 aliphatic carbocycles. The van der Waals surface area contributed by atoms with Crippen LogP contribution in [-0.2, 0) is 0 Å². The average Bonchev–Trinajstić information content (AvgIpc) is 3.18. The number of nitrogens with one attached hydrogen (secondary N) is 1. The lowest BCUT2D eigenvalue weighted by atomic mass is 9.42. The second-order valence-electron chi connectivity index (χ2n) is 11.6. The molecular weight excluding hydrogens is 680 g/mol. The van der Waals surface area contributed by atoms with E-state index in [-0.39, 0.29) is 30.4 Å². The monoisotopic (exact) mass is 726 g/mol. The number of aryl methyl sites for hydroxylation is 1. The molecule has 0 atom stereocenters. The molecule has 1 saturated heterocycles. The molecule has 1 N–H and O–H groups in total. The number of nitrogens with zero attached hydrogens (tertiary/aromatic N) is 3. The van der Waals surface area contributed by atoms with Gasteiger partial charge >= 0.3 is 0 Å². The highest BCUT2D eigenvalue weighted by Crippen LogP contribution is 2.35. The highest BCUT2D eigenvalue weighted by atomic mass is 19.1. The van der Waals surface area contributed by atoms with Crippen LogP contribution in [0.15, 0.2) is 90.0 Å². The highest BCUT2D eigenvalue weighted by Gasteiger charge is 2.25. The van der Waals surface area contributed by atoms with E-state index in [0.29, 0.717) is 40.6 Å². The Bertz CT molecular complexity index is 2040. The van der Waals surface area contributed by atoms with Crippen LogP contribution in [0, 0.1) is 35.7 Å². The van der Waals surface area contributed by atoms with Gasteiger partial charge in [0.15, 0.2) is 11.6 Å². The molecule has 0 bridgehead atoms. The van der Waals surface area contributed by atoms with Crippen molar-refractivity contribution in [2.75, 3.05) is 18.6 Å². The molecule has 8 nitrogen and oxygen atoms in total. The fraction of sp³-hybridized carbons (Fsp3) is 0.317. The maximum atomic E-state index is 15.2. The number of pyridine rings is 2. The van der Waals surface area contributed by atoms with Crippen LogP contribution >= 0.6 is 0 Å². The highest BCUT2D eigenvalue weighted by molar-refractivity contribution is 6.67. The summed E-state index contributed by atoms with van der Waals surface area (Å²) in [6, 6.07) is 17.5. The number of rotatable bonds is 8. The van der Waals surface area contributed by atoms with Gasteiger partial charge in [-0.1, -0.05) is 53.2 Å². The van der Waals surface area contributed by atoms with E-state index >= 15 is 4.39 Å². The summed E-state index contributed by atoms with van der Waals surface area (Å²) in [5.74, 6) is 1.93. The normalized spacial score (nSPS) is 12.1. The largest absolute Gasteiger partial charge is 0.493 e. The Labute approximate surface area is 309 Å². The quantitative estimate of drug-likeness (QED) is 0.160. The van der Waals surface area contributed by atoms with Gasteiger partial charge in [-0.3, -0.25) is 23.5 Å². The molecule has 0 unspecified atom stereocenters. The van der Waals surface area contributed by atoms with Crippen molar-refractivity contribution in [3.63, 3.8) is 0 Å². The summed E-state index contributed by atoms with van der Waals surface area (Å²) in [7, 11) is 0. The summed E-state index contributed by atoms with van der Waals surface area (Å²) in [6.45, 7) is 11.9. The minimum atomic E-state index is -0.724. The number of hydrogen-bond acceptors (Lipinski definition) is 6. The number of benzene rings is 3. The van der Waals surface area contributed by atoms with Crippen molar-refractivity contribution in [3.05, 3.63) is 118 Å². The van der Waals surface area contributed by atoms with E-state index in [1.165, 1.54) is 66.2 Å². The van der Waals surface area contributed by atoms with E-state index in [4.69, 9.17) is 14.7 Å². The minimum Gasteiger partial charge on any atom is -0.493 e. The molecule has 12 heteroatoms. The summed E-state index contributed by atoms with van der Waals surface area (Å²) in [5.41, 5.74) is 1.26. The number of ether oxygens (including phenoxy) is 2. The Morgan fingerprint density at radius 1 is 0.981 bits per heavy atom. The molecule has 53 heavy (non-hydrogen) atoms. The molecule has 0 saturated carbocycles. The van der Waals surface area contributed by atoms with Crippen molar-refractivity contribution in [2.24, 2.45) is 5.92 Å². The van der Waals surface area contributed by atoms with Crippen LogP contribution in [0.3, 0.4) is 0 Å². The molecule has 1 amide bonds. The number of carbonyl (C=O) groups excluding carboxylic acids is 1. The smallest absolute Gasteiger partial charge is 0.267 e. The van der Waals surface area contributed by atoms with Crippen molar-refractivity contribution in [1.29, 1.82) is 5.26 Å². The zero-order valence-electron chi connectivity index (χ0n) is 31.1. The van der Waals surface area contributed by atoms with Crippen LogP contribution in [0.5, 0.6) is 17.2 Å². The molecule has 3 heterocycles. The molecule has 1 aliphatic heterocycles. The third-order valence-corrected chi connectivity index (χ3v) is 8.21. The van der Waals surface area contributed by atoms with Gasteiger partial charge < -0.3 is 14.8 Å². The van der Waals surface area contributed by atoms with E-state index < -0.39 is 23.1 Å². The first-order valence-electron chi connectivity index (χ1n) is 17.9. The van der Waals surface area contributed by atoms with Crippen LogP contribution in [-0.4, -0.2) is 35.5 Å². The number of hydrogen-bond donors (Lipinski definition) is 1. The Hall–Kier alpha value is -5.57. The molecule has 278 valence electrons. The minimum absolute atomic E-state index is 0.0603. The molecule has 1 fully saturated rings. The summed E-state index contributed by atoms with van der Waals surface area (Å²) in [4.78, 5) is 30.4. The van der Waals surface area contributed by atoms with E-state index in [1.54, 1.807) is 12.3 Å². The fourth-order valence-electron chi connectivity index (χ4n) is 5.62. The zero-order valence-corrected chi connectivity index (χ0v) is 31.1. The number of aromatic nitrogens is 2. The van der Waals surface area contributed by atoms with E-state index in [0.717, 1.165) is 37.1 Å². The SMILES string of the molecule is CC.CC.CCF.Cc1cc2c(Oc3ccc(NC(=O)c4cccn(-c5ccc(F)cc5)c4=O)cc3F)ccnc2cc1OCC1CCB(C#N)CC1. The molecule has 0 radical (unpaired) electrons. The molecule has 0 spiro atoms. The summed E-state index contributed by atoms with van der Waals surface area (Å²) < 4.78 is 52.2. The van der Waals surface area contributed by atoms with Crippen molar-refractivity contribution < 1.29 is 27.4 Å². The van der Waals surface area contributed by atoms with Gasteiger partial charge in [-0.15, -0.1) is 0 Å². The van der Waals surface area contributed by atoms with E-state index in [9.17, 15) is 18.4 Å². The standard InChI is InChI=1S/C35H29BF2N4O4.C2H5F.2C2H6/c1-22-17-28-30(19-33(22)45-20-23-10-13-36(21-39)14-11-23)40-15-12-31(28)46-32-9-6-25(18-29(32)38)41-34(43)27-3-2-16-42(35(27)44)26-7-4-24(37)5-8-26;1-2-3;2*1-2/h2-9,12,15-19,23H,10-11,13-14,20H2,1H3,(H,41,43);2H2,1H3;2*1-2H3. The Kier molecular flexibility index (Phi) is 16.6. The van der Waals surface area contributed by atoms with E-state index in [2.05, 4.69) is 16.3 Å². The first-order valence-corrected chi connectivity index (χ1v) is 17.9. The van der Waals surface area contributed by atoms with Gasteiger partial charge in [0.25, 0.3) is 18.2 Å². The lowest BCUT2D eigenvalue weighted by molar-refractivity contribution is 0.102. The van der Waals surface area contributed by atoms with Gasteiger partial charge in [0, 0.05) is 47.3 Å². The van der Waals surface area contributed by atoms with Gasteiger partial charge in [-0.25, -0.2) is 14.0 Å². The van der Waals surface area contributed by atoms with Crippen LogP contribution in [0.2, 0.25) is 12.6 Å². The zero-order chi connectivity index (χ0) is 38.9.